The minimum atomic E-state index is -0.0828. The Morgan fingerprint density at radius 2 is 2.00 bits per heavy atom. The normalized spacial score (nSPS) is 29.4. The van der Waals surface area contributed by atoms with Crippen LogP contribution in [0, 0.1) is 11.8 Å². The van der Waals surface area contributed by atoms with Gasteiger partial charge in [0.2, 0.25) is 0 Å². The number of methoxy groups -OCH3 is 1. The van der Waals surface area contributed by atoms with Crippen LogP contribution in [-0.2, 0) is 9.53 Å². The number of thioether (sulfide) groups is 1. The molecule has 1 aliphatic rings. The number of carbonyl (C=O) groups is 1. The van der Waals surface area contributed by atoms with Gasteiger partial charge in [0, 0.05) is 10.5 Å². The predicted molar refractivity (Wildman–Crippen MR) is 74.3 cm³/mol. The highest BCUT2D eigenvalue weighted by Crippen LogP contribution is 2.46. The van der Waals surface area contributed by atoms with E-state index in [0.29, 0.717) is 17.1 Å². The molecule has 0 N–H and O–H groups in total. The molecule has 3 heteroatoms. The Morgan fingerprint density at radius 3 is 2.47 bits per heavy atom. The van der Waals surface area contributed by atoms with E-state index < -0.39 is 0 Å². The Labute approximate surface area is 110 Å². The van der Waals surface area contributed by atoms with Crippen LogP contribution >= 0.6 is 11.8 Å². The lowest BCUT2D eigenvalue weighted by molar-refractivity contribution is -0.140. The lowest BCUT2D eigenvalue weighted by Crippen LogP contribution is -2.36. The summed E-state index contributed by atoms with van der Waals surface area (Å²) < 4.78 is 5.10. The van der Waals surface area contributed by atoms with Crippen molar-refractivity contribution in [3.05, 3.63) is 0 Å². The van der Waals surface area contributed by atoms with Crippen LogP contribution in [0.4, 0.5) is 0 Å². The summed E-state index contributed by atoms with van der Waals surface area (Å²) >= 11 is 2.00. The highest BCUT2D eigenvalue weighted by atomic mass is 32.2. The monoisotopic (exact) mass is 258 g/mol. The third-order valence-corrected chi connectivity index (χ3v) is 5.96. The number of esters is 1. The van der Waals surface area contributed by atoms with Crippen LogP contribution in [0.25, 0.3) is 0 Å². The fourth-order valence-electron chi connectivity index (χ4n) is 2.58. The maximum absolute atomic E-state index is 11.1. The molecule has 100 valence electrons. The Morgan fingerprint density at radius 1 is 1.41 bits per heavy atom. The summed E-state index contributed by atoms with van der Waals surface area (Å²) in [5.74, 6) is 2.39. The molecule has 1 fully saturated rings. The molecular weight excluding hydrogens is 232 g/mol. The van der Waals surface area contributed by atoms with Crippen molar-refractivity contribution in [1.82, 2.24) is 0 Å². The summed E-state index contributed by atoms with van der Waals surface area (Å²) in [6, 6.07) is 0. The summed E-state index contributed by atoms with van der Waals surface area (Å²) in [5.41, 5.74) is 0. The molecule has 0 aliphatic heterocycles. The Hall–Kier alpha value is -0.180. The van der Waals surface area contributed by atoms with Gasteiger partial charge in [-0.1, -0.05) is 20.8 Å². The minimum Gasteiger partial charge on any atom is -0.469 e. The fourth-order valence-corrected chi connectivity index (χ4v) is 4.11. The molecule has 0 radical (unpaired) electrons. The van der Waals surface area contributed by atoms with Crippen molar-refractivity contribution in [3.63, 3.8) is 0 Å². The SMILES string of the molecule is COC(=O)CCSC1(C(C)C)CCC(C)CC1. The zero-order valence-electron chi connectivity index (χ0n) is 11.6. The van der Waals surface area contributed by atoms with Crippen molar-refractivity contribution in [2.24, 2.45) is 11.8 Å². The second-order valence-electron chi connectivity index (χ2n) is 5.58. The van der Waals surface area contributed by atoms with Crippen LogP contribution in [0.15, 0.2) is 0 Å². The molecule has 17 heavy (non-hydrogen) atoms. The van der Waals surface area contributed by atoms with Gasteiger partial charge in [-0.3, -0.25) is 4.79 Å². The lowest BCUT2D eigenvalue weighted by Gasteiger charge is -2.42. The van der Waals surface area contributed by atoms with Gasteiger partial charge in [-0.05, 0) is 37.5 Å². The number of hydrogen-bond donors (Lipinski definition) is 0. The van der Waals surface area contributed by atoms with Crippen LogP contribution in [0.5, 0.6) is 0 Å². The van der Waals surface area contributed by atoms with Gasteiger partial charge in [0.15, 0.2) is 0 Å². The van der Waals surface area contributed by atoms with Crippen LogP contribution in [0.2, 0.25) is 0 Å². The first-order valence-electron chi connectivity index (χ1n) is 6.71. The van der Waals surface area contributed by atoms with Gasteiger partial charge in [0.1, 0.15) is 0 Å². The van der Waals surface area contributed by atoms with E-state index in [1.54, 1.807) is 0 Å². The van der Waals surface area contributed by atoms with E-state index in [1.807, 2.05) is 11.8 Å². The third-order valence-electron chi connectivity index (χ3n) is 4.10. The van der Waals surface area contributed by atoms with Crippen molar-refractivity contribution in [3.8, 4) is 0 Å². The summed E-state index contributed by atoms with van der Waals surface area (Å²) in [4.78, 5) is 11.1. The van der Waals surface area contributed by atoms with Crippen molar-refractivity contribution < 1.29 is 9.53 Å². The average molecular weight is 258 g/mol. The third kappa shape index (κ3) is 4.20. The second kappa shape index (κ2) is 6.67. The molecule has 0 atom stereocenters. The molecule has 0 aromatic carbocycles. The molecule has 0 heterocycles. The first kappa shape index (κ1) is 14.9. The molecule has 0 amide bonds. The molecule has 0 unspecified atom stereocenters. The van der Waals surface area contributed by atoms with Crippen LogP contribution < -0.4 is 0 Å². The molecule has 0 spiro atoms. The lowest BCUT2D eigenvalue weighted by atomic mass is 9.77. The number of carbonyl (C=O) groups excluding carboxylic acids is 1. The van der Waals surface area contributed by atoms with Gasteiger partial charge in [-0.15, -0.1) is 0 Å². The van der Waals surface area contributed by atoms with Crippen LogP contribution in [0.1, 0.15) is 52.9 Å². The fraction of sp³-hybridized carbons (Fsp3) is 0.929. The van der Waals surface area contributed by atoms with E-state index in [9.17, 15) is 4.79 Å². The highest BCUT2D eigenvalue weighted by Gasteiger charge is 2.37. The second-order valence-corrected chi connectivity index (χ2v) is 7.09. The molecule has 0 aromatic rings. The van der Waals surface area contributed by atoms with Gasteiger partial charge in [0.05, 0.1) is 13.5 Å². The maximum atomic E-state index is 11.1. The number of ether oxygens (including phenoxy) is 1. The Bertz CT molecular complexity index is 243. The van der Waals surface area contributed by atoms with Gasteiger partial charge in [-0.25, -0.2) is 0 Å². The van der Waals surface area contributed by atoms with Gasteiger partial charge < -0.3 is 4.74 Å². The molecule has 1 rings (SSSR count). The number of hydrogen-bond acceptors (Lipinski definition) is 3. The Balaban J connectivity index is 2.46. The van der Waals surface area contributed by atoms with E-state index in [-0.39, 0.29) is 5.97 Å². The van der Waals surface area contributed by atoms with Crippen LogP contribution in [-0.4, -0.2) is 23.6 Å². The summed E-state index contributed by atoms with van der Waals surface area (Å²) in [6.45, 7) is 6.99. The predicted octanol–water partition coefficient (Wildman–Crippen LogP) is 3.89. The van der Waals surface area contributed by atoms with Gasteiger partial charge >= 0.3 is 5.97 Å². The van der Waals surface area contributed by atoms with Crippen molar-refractivity contribution in [1.29, 1.82) is 0 Å². The summed E-state index contributed by atoms with van der Waals surface area (Å²) in [6.07, 6.45) is 5.83. The molecule has 1 aliphatic carbocycles. The van der Waals surface area contributed by atoms with Gasteiger partial charge in [0.25, 0.3) is 0 Å². The molecule has 2 nitrogen and oxygen atoms in total. The standard InChI is InChI=1S/C14H26O2S/c1-11(2)14(8-5-12(3)6-9-14)17-10-7-13(15)16-4/h11-12H,5-10H2,1-4H3. The van der Waals surface area contributed by atoms with Crippen molar-refractivity contribution in [2.75, 3.05) is 12.9 Å². The Kier molecular flexibility index (Phi) is 5.84. The largest absolute Gasteiger partial charge is 0.469 e. The van der Waals surface area contributed by atoms with E-state index in [4.69, 9.17) is 4.74 Å². The maximum Gasteiger partial charge on any atom is 0.306 e. The van der Waals surface area contributed by atoms with Crippen LogP contribution in [0.3, 0.4) is 0 Å². The van der Waals surface area contributed by atoms with Crippen molar-refractivity contribution >= 4 is 17.7 Å². The van der Waals surface area contributed by atoms with E-state index in [1.165, 1.54) is 32.8 Å². The minimum absolute atomic E-state index is 0.0828. The topological polar surface area (TPSA) is 26.3 Å². The first-order chi connectivity index (χ1) is 8.00. The molecule has 1 saturated carbocycles. The molecular formula is C14H26O2S. The molecule has 0 aromatic heterocycles. The zero-order chi connectivity index (χ0) is 12.9. The molecule has 0 bridgehead atoms. The molecule has 0 saturated heterocycles. The quantitative estimate of drug-likeness (QED) is 0.700. The highest BCUT2D eigenvalue weighted by molar-refractivity contribution is 8.00. The van der Waals surface area contributed by atoms with E-state index in [2.05, 4.69) is 20.8 Å². The van der Waals surface area contributed by atoms with E-state index in [0.717, 1.165) is 11.7 Å². The average Bonchev–Trinajstić information content (AvgIpc) is 2.31. The smallest absolute Gasteiger partial charge is 0.306 e. The van der Waals surface area contributed by atoms with E-state index >= 15 is 0 Å². The summed E-state index contributed by atoms with van der Waals surface area (Å²) in [5, 5.41) is 0. The van der Waals surface area contributed by atoms with Crippen molar-refractivity contribution in [2.45, 2.75) is 57.6 Å². The number of rotatable bonds is 5. The van der Waals surface area contributed by atoms with Gasteiger partial charge in [-0.2, -0.15) is 11.8 Å². The zero-order valence-corrected chi connectivity index (χ0v) is 12.4. The first-order valence-corrected chi connectivity index (χ1v) is 7.69. The summed E-state index contributed by atoms with van der Waals surface area (Å²) in [7, 11) is 1.47.